The van der Waals surface area contributed by atoms with Crippen molar-refractivity contribution in [1.29, 1.82) is 0 Å². The summed E-state index contributed by atoms with van der Waals surface area (Å²) in [4.78, 5) is 29.1. The molecule has 6 nitrogen and oxygen atoms in total. The van der Waals surface area contributed by atoms with Crippen molar-refractivity contribution in [3.63, 3.8) is 0 Å². The van der Waals surface area contributed by atoms with Crippen molar-refractivity contribution in [2.45, 2.75) is 40.0 Å². The summed E-state index contributed by atoms with van der Waals surface area (Å²) in [7, 11) is 6.00. The first kappa shape index (κ1) is 26.7. The quantitative estimate of drug-likeness (QED) is 0.463. The fourth-order valence-electron chi connectivity index (χ4n) is 2.30. The zero-order valence-corrected chi connectivity index (χ0v) is 17.5. The number of hydrogen-bond donors (Lipinski definition) is 1. The van der Waals surface area contributed by atoms with Gasteiger partial charge in [-0.1, -0.05) is 27.2 Å². The molecule has 0 aromatic carbocycles. The Bertz CT molecular complexity index is 389. The van der Waals surface area contributed by atoms with Gasteiger partial charge in [-0.15, -0.1) is 12.4 Å². The number of halogens is 1. The van der Waals surface area contributed by atoms with E-state index in [2.05, 4.69) is 10.3 Å². The number of hydrogen-bond acceptors (Lipinski definition) is 4. The SMILES string of the molecule is CCCC(C)C1(CC)C(=O)N=C([O-])NC1=O.CN(C)C.Cl.[Na+]. The molecule has 0 aromatic heterocycles. The van der Waals surface area contributed by atoms with Crippen LogP contribution in [0.3, 0.4) is 0 Å². The van der Waals surface area contributed by atoms with Crippen LogP contribution in [-0.4, -0.2) is 43.9 Å². The fraction of sp³-hybridized carbons (Fsp3) is 0.786. The van der Waals surface area contributed by atoms with Gasteiger partial charge in [0.1, 0.15) is 5.41 Å². The number of carbonyl (C=O) groups is 2. The Morgan fingerprint density at radius 3 is 2.05 bits per heavy atom. The van der Waals surface area contributed by atoms with Gasteiger partial charge in [-0.3, -0.25) is 9.59 Å². The van der Waals surface area contributed by atoms with Gasteiger partial charge < -0.3 is 15.3 Å². The minimum absolute atomic E-state index is 0. The molecule has 8 heteroatoms. The molecule has 2 atom stereocenters. The summed E-state index contributed by atoms with van der Waals surface area (Å²) < 4.78 is 0. The summed E-state index contributed by atoms with van der Waals surface area (Å²) >= 11 is 0. The molecule has 0 radical (unpaired) electrons. The third kappa shape index (κ3) is 6.96. The average molecular weight is 344 g/mol. The van der Waals surface area contributed by atoms with Gasteiger partial charge in [-0.2, -0.15) is 0 Å². The number of nitrogens with zero attached hydrogens (tertiary/aromatic N) is 2. The van der Waals surface area contributed by atoms with Crippen molar-refractivity contribution in [1.82, 2.24) is 10.2 Å². The number of nitrogens with one attached hydrogen (secondary N) is 1. The number of amidine groups is 1. The van der Waals surface area contributed by atoms with E-state index in [4.69, 9.17) is 0 Å². The van der Waals surface area contributed by atoms with E-state index >= 15 is 0 Å². The molecule has 2 unspecified atom stereocenters. The summed E-state index contributed by atoms with van der Waals surface area (Å²) in [5.74, 6) is -1.20. The van der Waals surface area contributed by atoms with E-state index in [1.807, 2.05) is 39.9 Å². The Balaban J connectivity index is -0.000000538. The van der Waals surface area contributed by atoms with E-state index in [9.17, 15) is 14.7 Å². The maximum Gasteiger partial charge on any atom is 1.00 e. The molecule has 1 N–H and O–H groups in total. The van der Waals surface area contributed by atoms with E-state index in [1.54, 1.807) is 6.92 Å². The zero-order valence-electron chi connectivity index (χ0n) is 14.7. The molecule has 1 rings (SSSR count). The minimum Gasteiger partial charge on any atom is -0.846 e. The zero-order chi connectivity index (χ0) is 15.9. The Morgan fingerprint density at radius 1 is 1.27 bits per heavy atom. The summed E-state index contributed by atoms with van der Waals surface area (Å²) in [5.41, 5.74) is -1.15. The Labute approximate surface area is 161 Å². The van der Waals surface area contributed by atoms with Gasteiger partial charge in [0.2, 0.25) is 5.91 Å². The second kappa shape index (κ2) is 12.3. The first-order valence-electron chi connectivity index (χ1n) is 6.94. The molecule has 0 spiro atoms. The van der Waals surface area contributed by atoms with Gasteiger partial charge >= 0.3 is 29.6 Å². The van der Waals surface area contributed by atoms with Gasteiger partial charge in [0.05, 0.1) is 6.02 Å². The normalized spacial score (nSPS) is 21.5. The number of amides is 2. The van der Waals surface area contributed by atoms with Crippen LogP contribution in [0.2, 0.25) is 0 Å². The van der Waals surface area contributed by atoms with Crippen LogP contribution in [0.25, 0.3) is 0 Å². The van der Waals surface area contributed by atoms with Crippen molar-refractivity contribution in [3.8, 4) is 0 Å². The van der Waals surface area contributed by atoms with Crippen LogP contribution < -0.4 is 40.0 Å². The van der Waals surface area contributed by atoms with Gasteiger partial charge in [-0.25, -0.2) is 4.99 Å². The maximum absolute atomic E-state index is 11.9. The number of rotatable bonds is 4. The maximum atomic E-state index is 11.9. The molecule has 1 aliphatic rings. The third-order valence-electron chi connectivity index (χ3n) is 3.33. The van der Waals surface area contributed by atoms with Crippen LogP contribution in [0.4, 0.5) is 0 Å². The summed E-state index contributed by atoms with van der Waals surface area (Å²) in [6.07, 6.45) is 2.02. The van der Waals surface area contributed by atoms with Gasteiger partial charge in [0.25, 0.3) is 5.91 Å². The van der Waals surface area contributed by atoms with E-state index in [1.165, 1.54) is 0 Å². The summed E-state index contributed by atoms with van der Waals surface area (Å²) in [5, 5.41) is 13.1. The van der Waals surface area contributed by atoms with Gasteiger partial charge in [-0.05, 0) is 39.9 Å². The van der Waals surface area contributed by atoms with Crippen LogP contribution in [0.1, 0.15) is 40.0 Å². The molecular weight excluding hydrogens is 317 g/mol. The summed E-state index contributed by atoms with van der Waals surface area (Å²) in [6, 6.07) is -0.845. The molecule has 22 heavy (non-hydrogen) atoms. The van der Waals surface area contributed by atoms with Crippen molar-refractivity contribution in [2.75, 3.05) is 21.1 Å². The molecule has 2 amide bonds. The molecule has 0 saturated carbocycles. The van der Waals surface area contributed by atoms with Gasteiger partial charge in [0, 0.05) is 0 Å². The molecular formula is C14H27ClN3NaO3. The molecule has 124 valence electrons. The number of aliphatic imine (C=N–C) groups is 1. The van der Waals surface area contributed by atoms with E-state index in [0.29, 0.717) is 6.42 Å². The molecule has 0 aliphatic carbocycles. The topological polar surface area (TPSA) is 84.8 Å². The van der Waals surface area contributed by atoms with Crippen molar-refractivity contribution in [3.05, 3.63) is 0 Å². The Morgan fingerprint density at radius 2 is 1.73 bits per heavy atom. The average Bonchev–Trinajstić information content (AvgIpc) is 2.28. The van der Waals surface area contributed by atoms with E-state index in [0.717, 1.165) is 12.8 Å². The molecule has 1 aliphatic heterocycles. The second-order valence-electron chi connectivity index (χ2n) is 5.53. The molecule has 0 saturated heterocycles. The fourth-order valence-corrected chi connectivity index (χ4v) is 2.30. The predicted octanol–water partition coefficient (Wildman–Crippen LogP) is -2.20. The summed E-state index contributed by atoms with van der Waals surface area (Å²) in [6.45, 7) is 5.62. The van der Waals surface area contributed by atoms with Crippen LogP contribution in [0, 0.1) is 11.3 Å². The van der Waals surface area contributed by atoms with E-state index < -0.39 is 23.3 Å². The van der Waals surface area contributed by atoms with E-state index in [-0.39, 0.29) is 47.9 Å². The van der Waals surface area contributed by atoms with Crippen LogP contribution in [-0.2, 0) is 9.59 Å². The van der Waals surface area contributed by atoms with Crippen LogP contribution in [0.5, 0.6) is 0 Å². The Kier molecular flexibility index (Phi) is 15.0. The Hall–Kier alpha value is -0.140. The second-order valence-corrected chi connectivity index (χ2v) is 5.53. The largest absolute Gasteiger partial charge is 1.00 e. The number of carbonyl (C=O) groups excluding carboxylic acids is 2. The minimum atomic E-state index is -1.15. The van der Waals surface area contributed by atoms with Gasteiger partial charge in [0.15, 0.2) is 0 Å². The molecule has 0 fully saturated rings. The third-order valence-corrected chi connectivity index (χ3v) is 3.33. The molecule has 0 bridgehead atoms. The van der Waals surface area contributed by atoms with Crippen molar-refractivity contribution >= 4 is 30.2 Å². The first-order chi connectivity index (χ1) is 9.22. The van der Waals surface area contributed by atoms with Crippen LogP contribution >= 0.6 is 12.4 Å². The van der Waals surface area contributed by atoms with Crippen molar-refractivity contribution < 1.29 is 44.3 Å². The standard InChI is InChI=1S/C11H18N2O3.C3H9N.ClH.Na/c1-4-6-7(3)11(5-2)8(14)12-10(16)13-9(11)15;1-4(2)3;;/h7H,4-6H2,1-3H3,(H2,12,13,14,15,16);1-3H3;1H;/q;;;+1/p-1. The monoisotopic (exact) mass is 343 g/mol. The van der Waals surface area contributed by atoms with Crippen molar-refractivity contribution in [2.24, 2.45) is 16.3 Å². The van der Waals surface area contributed by atoms with Crippen LogP contribution in [0.15, 0.2) is 4.99 Å². The smallest absolute Gasteiger partial charge is 0.846 e. The molecule has 1 heterocycles. The first-order valence-corrected chi connectivity index (χ1v) is 6.94. The molecule has 0 aromatic rings. The predicted molar refractivity (Wildman–Crippen MR) is 84.2 cm³/mol.